The van der Waals surface area contributed by atoms with Gasteiger partial charge in [-0.05, 0) is 44.7 Å². The number of pyridine rings is 1. The molecule has 0 bridgehead atoms. The molecule has 1 unspecified atom stereocenters. The summed E-state index contributed by atoms with van der Waals surface area (Å²) >= 11 is 0. The second-order valence-corrected chi connectivity index (χ2v) is 11.7. The van der Waals surface area contributed by atoms with Gasteiger partial charge in [0.1, 0.15) is 11.4 Å². The quantitative estimate of drug-likeness (QED) is 0.606. The molecule has 3 aliphatic heterocycles. The summed E-state index contributed by atoms with van der Waals surface area (Å²) in [5, 5.41) is 0. The Bertz CT molecular complexity index is 1120. The number of piperidine rings is 1. The number of sulfonamides is 1. The van der Waals surface area contributed by atoms with Gasteiger partial charge in [0.05, 0.1) is 18.1 Å². The van der Waals surface area contributed by atoms with E-state index in [2.05, 4.69) is 9.72 Å². The molecule has 1 amide bonds. The van der Waals surface area contributed by atoms with E-state index < -0.39 is 34.0 Å². The highest BCUT2D eigenvalue weighted by molar-refractivity contribution is 7.88. The van der Waals surface area contributed by atoms with Crippen LogP contribution in [0.2, 0.25) is 0 Å². The molecule has 0 saturated carbocycles. The van der Waals surface area contributed by atoms with Crippen molar-refractivity contribution in [2.75, 3.05) is 32.4 Å². The molecular formula is C23H30F3N3O5S. The van der Waals surface area contributed by atoms with Crippen molar-refractivity contribution in [2.45, 2.75) is 57.4 Å². The fourth-order valence-corrected chi connectivity index (χ4v) is 5.70. The van der Waals surface area contributed by atoms with Crippen molar-refractivity contribution >= 4 is 21.7 Å². The van der Waals surface area contributed by atoms with Gasteiger partial charge < -0.3 is 14.4 Å². The molecule has 3 aliphatic rings. The monoisotopic (exact) mass is 517 g/mol. The zero-order valence-electron chi connectivity index (χ0n) is 20.0. The Hall–Kier alpha value is -2.34. The molecule has 1 fully saturated rings. The smallest absolute Gasteiger partial charge is 0.425 e. The van der Waals surface area contributed by atoms with Crippen LogP contribution >= 0.6 is 0 Å². The van der Waals surface area contributed by atoms with E-state index in [4.69, 9.17) is 4.74 Å². The molecule has 1 aromatic rings. The van der Waals surface area contributed by atoms with Crippen molar-refractivity contribution in [3.05, 3.63) is 29.6 Å². The average Bonchev–Trinajstić information content (AvgIpc) is 3.14. The molecule has 194 valence electrons. The number of hydrogen-bond donors (Lipinski definition) is 0. The first-order chi connectivity index (χ1) is 16.3. The highest BCUT2D eigenvalue weighted by Crippen LogP contribution is 2.43. The van der Waals surface area contributed by atoms with E-state index in [1.54, 1.807) is 6.20 Å². The van der Waals surface area contributed by atoms with E-state index in [-0.39, 0.29) is 5.92 Å². The molecule has 8 nitrogen and oxygen atoms in total. The van der Waals surface area contributed by atoms with E-state index >= 15 is 0 Å². The third kappa shape index (κ3) is 5.58. The van der Waals surface area contributed by atoms with Crippen LogP contribution in [0.25, 0.3) is 5.57 Å². The number of carbonyl (C=O) groups is 1. The van der Waals surface area contributed by atoms with Crippen molar-refractivity contribution in [1.82, 2.24) is 14.2 Å². The Morgan fingerprint density at radius 3 is 2.54 bits per heavy atom. The molecule has 0 spiro atoms. The summed E-state index contributed by atoms with van der Waals surface area (Å²) in [4.78, 5) is 18.0. The molecular weight excluding hydrogens is 487 g/mol. The van der Waals surface area contributed by atoms with Crippen LogP contribution in [0, 0.1) is 5.92 Å². The van der Waals surface area contributed by atoms with Crippen LogP contribution in [0.5, 0.6) is 5.75 Å². The lowest BCUT2D eigenvalue weighted by Crippen LogP contribution is -2.48. The third-order valence-electron chi connectivity index (χ3n) is 7.16. The van der Waals surface area contributed by atoms with E-state index in [0.717, 1.165) is 23.8 Å². The second-order valence-electron chi connectivity index (χ2n) is 9.70. The van der Waals surface area contributed by atoms with E-state index in [0.29, 0.717) is 57.6 Å². The molecule has 0 radical (unpaired) electrons. The predicted molar refractivity (Wildman–Crippen MR) is 122 cm³/mol. The average molecular weight is 518 g/mol. The van der Waals surface area contributed by atoms with Crippen LogP contribution in [0.1, 0.15) is 44.4 Å². The Morgan fingerprint density at radius 1 is 1.29 bits per heavy atom. The molecule has 4 heterocycles. The number of aromatic nitrogens is 1. The lowest BCUT2D eigenvalue weighted by molar-refractivity contribution is -0.200. The molecule has 4 rings (SSSR count). The minimum absolute atomic E-state index is 0.111. The van der Waals surface area contributed by atoms with Crippen LogP contribution in [0.3, 0.4) is 0 Å². The van der Waals surface area contributed by atoms with Gasteiger partial charge in [0.2, 0.25) is 10.0 Å². The minimum Gasteiger partial charge on any atom is -0.485 e. The van der Waals surface area contributed by atoms with Gasteiger partial charge in [-0.2, -0.15) is 17.5 Å². The fraction of sp³-hybridized carbons (Fsp3) is 0.652. The highest BCUT2D eigenvalue weighted by atomic mass is 32.2. The molecule has 12 heteroatoms. The summed E-state index contributed by atoms with van der Waals surface area (Å²) in [6.45, 7) is 4.18. The number of hydrogen-bond acceptors (Lipinski definition) is 6. The van der Waals surface area contributed by atoms with E-state index in [9.17, 15) is 26.4 Å². The first kappa shape index (κ1) is 25.7. The number of amides is 1. The van der Waals surface area contributed by atoms with Crippen LogP contribution in [0.15, 0.2) is 18.3 Å². The summed E-state index contributed by atoms with van der Waals surface area (Å²) in [6, 6.07) is 1.99. The SMILES string of the molecule is CC(OC(=O)N1CCC([C@]2(C)Cc3cc(C4=CCN(S(C)(=O)=O)CC4)ncc3O2)CC1)C(F)(F)F. The van der Waals surface area contributed by atoms with Crippen molar-refractivity contribution in [3.8, 4) is 5.75 Å². The molecule has 2 atom stereocenters. The minimum atomic E-state index is -4.58. The van der Waals surface area contributed by atoms with Gasteiger partial charge in [-0.3, -0.25) is 4.98 Å². The Labute approximate surface area is 203 Å². The third-order valence-corrected chi connectivity index (χ3v) is 8.43. The number of rotatable bonds is 4. The number of alkyl halides is 3. The van der Waals surface area contributed by atoms with Crippen LogP contribution in [-0.2, 0) is 21.2 Å². The van der Waals surface area contributed by atoms with Crippen molar-refractivity contribution < 1.29 is 35.9 Å². The van der Waals surface area contributed by atoms with Crippen molar-refractivity contribution in [1.29, 1.82) is 0 Å². The Balaban J connectivity index is 1.36. The summed E-state index contributed by atoms with van der Waals surface area (Å²) in [6.07, 6.45) is -0.467. The number of fused-ring (bicyclic) bond motifs is 1. The number of halogens is 3. The molecule has 0 aliphatic carbocycles. The van der Waals surface area contributed by atoms with Gasteiger partial charge >= 0.3 is 12.3 Å². The van der Waals surface area contributed by atoms with Gasteiger partial charge in [0.15, 0.2) is 6.10 Å². The molecule has 35 heavy (non-hydrogen) atoms. The van der Waals surface area contributed by atoms with Crippen LogP contribution < -0.4 is 4.74 Å². The van der Waals surface area contributed by atoms with Gasteiger partial charge in [0.25, 0.3) is 0 Å². The summed E-state index contributed by atoms with van der Waals surface area (Å²) < 4.78 is 73.8. The summed E-state index contributed by atoms with van der Waals surface area (Å²) in [5.74, 6) is 0.811. The fourth-order valence-electron chi connectivity index (χ4n) is 4.93. The number of carbonyl (C=O) groups excluding carboxylic acids is 1. The van der Waals surface area contributed by atoms with Gasteiger partial charge in [0, 0.05) is 44.1 Å². The van der Waals surface area contributed by atoms with Crippen molar-refractivity contribution in [3.63, 3.8) is 0 Å². The van der Waals surface area contributed by atoms with E-state index in [1.807, 2.05) is 19.1 Å². The van der Waals surface area contributed by atoms with Crippen LogP contribution in [0.4, 0.5) is 18.0 Å². The zero-order chi connectivity index (χ0) is 25.6. The van der Waals surface area contributed by atoms with E-state index in [1.165, 1.54) is 15.5 Å². The zero-order valence-corrected chi connectivity index (χ0v) is 20.8. The number of ether oxygens (including phenoxy) is 2. The summed E-state index contributed by atoms with van der Waals surface area (Å²) in [7, 11) is -3.22. The number of likely N-dealkylation sites (tertiary alicyclic amines) is 1. The first-order valence-corrected chi connectivity index (χ1v) is 13.5. The van der Waals surface area contributed by atoms with Gasteiger partial charge in [-0.1, -0.05) is 6.08 Å². The second kappa shape index (κ2) is 9.27. The standard InChI is InChI=1S/C23H30F3N3O5S/c1-15(23(24,25)26)33-21(30)28-8-6-18(7-9-28)22(2)13-17-12-19(27-14-20(17)34-22)16-4-10-29(11-5-16)35(3,31)32/h4,12,14-15,18H,5-11,13H2,1-3H3/t15?,22-/m0/s1. The molecule has 1 aromatic heterocycles. The largest absolute Gasteiger partial charge is 0.485 e. The lowest BCUT2D eigenvalue weighted by Gasteiger charge is -2.39. The van der Waals surface area contributed by atoms with Gasteiger partial charge in [-0.15, -0.1) is 0 Å². The topological polar surface area (TPSA) is 89.0 Å². The van der Waals surface area contributed by atoms with Crippen molar-refractivity contribution in [2.24, 2.45) is 5.92 Å². The Kier molecular flexibility index (Phi) is 6.82. The normalized spacial score (nSPS) is 25.0. The van der Waals surface area contributed by atoms with Gasteiger partial charge in [-0.25, -0.2) is 13.2 Å². The molecule has 1 saturated heterocycles. The maximum absolute atomic E-state index is 12.7. The maximum atomic E-state index is 12.7. The molecule has 0 N–H and O–H groups in total. The Morgan fingerprint density at radius 2 is 1.97 bits per heavy atom. The predicted octanol–water partition coefficient (Wildman–Crippen LogP) is 3.62. The first-order valence-electron chi connectivity index (χ1n) is 11.6. The van der Waals surface area contributed by atoms with Crippen LogP contribution in [-0.4, -0.2) is 79.0 Å². The lowest BCUT2D eigenvalue weighted by atomic mass is 9.79. The maximum Gasteiger partial charge on any atom is 0.425 e. The summed E-state index contributed by atoms with van der Waals surface area (Å²) in [5.41, 5.74) is 2.32. The number of nitrogens with zero attached hydrogens (tertiary/aromatic N) is 3. The highest BCUT2D eigenvalue weighted by Gasteiger charge is 2.45. The molecule has 0 aromatic carbocycles.